The van der Waals surface area contributed by atoms with E-state index >= 15 is 0 Å². The summed E-state index contributed by atoms with van der Waals surface area (Å²) in [5, 5.41) is 8.59. The Hall–Kier alpha value is -6.52. The highest BCUT2D eigenvalue weighted by Crippen LogP contribution is 2.41. The Bertz CT molecular complexity index is 3060. The number of para-hydroxylation sites is 4. The van der Waals surface area contributed by atoms with Gasteiger partial charge in [-0.05, 0) is 53.6 Å². The van der Waals surface area contributed by atoms with E-state index in [1.165, 1.54) is 60.0 Å². The number of rotatable bonds is 3. The van der Waals surface area contributed by atoms with E-state index in [-0.39, 0.29) is 0 Å². The first-order valence-electron chi connectivity index (χ1n) is 16.3. The number of aromatic nitrogens is 4. The molecular weight excluding hydrogens is 585 g/mol. The molecule has 0 saturated heterocycles. The molecule has 0 N–H and O–H groups in total. The van der Waals surface area contributed by atoms with Gasteiger partial charge in [0.1, 0.15) is 0 Å². The van der Waals surface area contributed by atoms with Crippen LogP contribution in [0.1, 0.15) is 0 Å². The number of hydrogen-bond acceptors (Lipinski definition) is 2. The lowest BCUT2D eigenvalue weighted by molar-refractivity contribution is 1.01. The largest absolute Gasteiger partial charge is 0.308 e. The molecule has 0 aliphatic heterocycles. The Morgan fingerprint density at radius 2 is 0.896 bits per heavy atom. The van der Waals surface area contributed by atoms with Crippen LogP contribution in [-0.2, 0) is 0 Å². The molecule has 0 unspecified atom stereocenters. The van der Waals surface area contributed by atoms with E-state index in [0.29, 0.717) is 5.95 Å². The zero-order valence-electron chi connectivity index (χ0n) is 25.8. The maximum Gasteiger partial charge on any atom is 0.235 e. The molecule has 7 aromatic carbocycles. The molecule has 0 fully saturated rings. The quantitative estimate of drug-likeness (QED) is 0.199. The molecule has 0 aliphatic carbocycles. The first-order chi connectivity index (χ1) is 23.8. The highest BCUT2D eigenvalue weighted by atomic mass is 15.2. The predicted octanol–water partition coefficient (Wildman–Crippen LogP) is 11.2. The lowest BCUT2D eigenvalue weighted by atomic mass is 10.00. The van der Waals surface area contributed by atoms with E-state index < -0.39 is 0 Å². The summed E-state index contributed by atoms with van der Waals surface area (Å²) in [5.74, 6) is 0.672. The summed E-state index contributed by atoms with van der Waals surface area (Å²) < 4.78 is 4.65. The highest BCUT2D eigenvalue weighted by molar-refractivity contribution is 6.23. The van der Waals surface area contributed by atoms with Gasteiger partial charge in [-0.15, -0.1) is 0 Å². The van der Waals surface area contributed by atoms with Crippen LogP contribution in [0.3, 0.4) is 0 Å². The third-order valence-electron chi connectivity index (χ3n) is 10.1. The summed E-state index contributed by atoms with van der Waals surface area (Å²) in [7, 11) is 0. The van der Waals surface area contributed by atoms with E-state index in [1.54, 1.807) is 0 Å². The molecule has 0 amide bonds. The van der Waals surface area contributed by atoms with Crippen molar-refractivity contribution in [3.8, 4) is 28.3 Å². The minimum Gasteiger partial charge on any atom is -0.308 e. The predicted molar refractivity (Wildman–Crippen MR) is 199 cm³/mol. The molecule has 11 aromatic rings. The molecule has 0 aliphatic rings. The van der Waals surface area contributed by atoms with Crippen molar-refractivity contribution in [2.45, 2.75) is 0 Å². The average Bonchev–Trinajstić information content (AvgIpc) is 3.79. The Balaban J connectivity index is 1.14. The Morgan fingerprint density at radius 3 is 1.69 bits per heavy atom. The summed E-state index contributed by atoms with van der Waals surface area (Å²) in [6, 6.07) is 56.4. The van der Waals surface area contributed by atoms with Gasteiger partial charge >= 0.3 is 0 Å². The van der Waals surface area contributed by atoms with Gasteiger partial charge in [0.25, 0.3) is 0 Å². The molecule has 11 rings (SSSR count). The summed E-state index contributed by atoms with van der Waals surface area (Å²) in [6.45, 7) is 0. The molecule has 0 saturated carbocycles. The molecule has 0 atom stereocenters. The molecule has 4 nitrogen and oxygen atoms in total. The van der Waals surface area contributed by atoms with Crippen LogP contribution >= 0.6 is 0 Å². The van der Waals surface area contributed by atoms with Crippen molar-refractivity contribution in [1.82, 2.24) is 18.9 Å². The van der Waals surface area contributed by atoms with Crippen molar-refractivity contribution < 1.29 is 0 Å². The molecule has 0 bridgehead atoms. The minimum atomic E-state index is 0.672. The Labute approximate surface area is 275 Å². The standard InChI is InChI=1S/C44H26N4/c1-2-11-27(12-3-1)42-34-15-4-7-18-37(34)45-44(46-42)48-39-20-9-6-14-31(39)35-25-28(22-24-41(35)48)29-21-23-40-36(26-29)33-17-10-16-32-30-13-5-8-19-38(30)47(40)43(32)33/h1-26H. The van der Waals surface area contributed by atoms with E-state index in [4.69, 9.17) is 9.97 Å². The van der Waals surface area contributed by atoms with Crippen molar-refractivity contribution in [2.24, 2.45) is 0 Å². The molecule has 4 aromatic heterocycles. The first kappa shape index (κ1) is 25.6. The third kappa shape index (κ3) is 3.43. The molecular formula is C44H26N4. The fourth-order valence-electron chi connectivity index (χ4n) is 7.96. The topological polar surface area (TPSA) is 35.1 Å². The van der Waals surface area contributed by atoms with Crippen molar-refractivity contribution in [3.63, 3.8) is 0 Å². The van der Waals surface area contributed by atoms with Crippen LogP contribution in [0.4, 0.5) is 0 Å². The maximum atomic E-state index is 5.24. The second-order valence-corrected chi connectivity index (χ2v) is 12.6. The number of benzene rings is 7. The monoisotopic (exact) mass is 610 g/mol. The summed E-state index contributed by atoms with van der Waals surface area (Å²) in [4.78, 5) is 10.4. The summed E-state index contributed by atoms with van der Waals surface area (Å²) >= 11 is 0. The summed E-state index contributed by atoms with van der Waals surface area (Å²) in [5.41, 5.74) is 11.3. The van der Waals surface area contributed by atoms with Crippen molar-refractivity contribution in [2.75, 3.05) is 0 Å². The SMILES string of the molecule is c1ccc(-c2nc(-n3c4ccccc4c4cc(-c5ccc6c(c5)c5cccc7c8ccccc8n6c75)ccc43)nc3ccccc23)cc1. The van der Waals surface area contributed by atoms with Crippen molar-refractivity contribution in [3.05, 3.63) is 158 Å². The molecule has 0 radical (unpaired) electrons. The number of nitrogens with zero attached hydrogens (tertiary/aromatic N) is 4. The molecule has 222 valence electrons. The van der Waals surface area contributed by atoms with Crippen molar-refractivity contribution >= 4 is 70.8 Å². The second kappa shape index (κ2) is 9.50. The van der Waals surface area contributed by atoms with Crippen LogP contribution in [0.5, 0.6) is 0 Å². The van der Waals surface area contributed by atoms with Gasteiger partial charge in [0.2, 0.25) is 5.95 Å². The third-order valence-corrected chi connectivity index (χ3v) is 10.1. The fraction of sp³-hybridized carbons (Fsp3) is 0. The lowest BCUT2D eigenvalue weighted by Crippen LogP contribution is -2.03. The van der Waals surface area contributed by atoms with E-state index in [0.717, 1.165) is 33.2 Å². The van der Waals surface area contributed by atoms with Gasteiger partial charge in [0, 0.05) is 43.3 Å². The highest BCUT2D eigenvalue weighted by Gasteiger charge is 2.20. The lowest BCUT2D eigenvalue weighted by Gasteiger charge is -2.12. The van der Waals surface area contributed by atoms with Crippen LogP contribution < -0.4 is 0 Å². The number of fused-ring (bicyclic) bond motifs is 10. The van der Waals surface area contributed by atoms with Gasteiger partial charge in [-0.3, -0.25) is 4.57 Å². The van der Waals surface area contributed by atoms with Crippen LogP contribution in [0.15, 0.2) is 158 Å². The van der Waals surface area contributed by atoms with Gasteiger partial charge < -0.3 is 4.40 Å². The zero-order chi connectivity index (χ0) is 31.3. The average molecular weight is 611 g/mol. The maximum absolute atomic E-state index is 5.24. The Morgan fingerprint density at radius 1 is 0.354 bits per heavy atom. The number of hydrogen-bond donors (Lipinski definition) is 0. The van der Waals surface area contributed by atoms with Crippen LogP contribution in [0.25, 0.3) is 99.1 Å². The van der Waals surface area contributed by atoms with Crippen molar-refractivity contribution in [1.29, 1.82) is 0 Å². The second-order valence-electron chi connectivity index (χ2n) is 12.6. The molecule has 0 spiro atoms. The molecule has 4 heteroatoms. The molecule has 4 heterocycles. The van der Waals surface area contributed by atoms with Gasteiger partial charge in [-0.1, -0.05) is 115 Å². The van der Waals surface area contributed by atoms with Gasteiger partial charge in [0.15, 0.2) is 0 Å². The zero-order valence-corrected chi connectivity index (χ0v) is 25.8. The van der Waals surface area contributed by atoms with E-state index in [9.17, 15) is 0 Å². The first-order valence-corrected chi connectivity index (χ1v) is 16.3. The van der Waals surface area contributed by atoms with Crippen LogP contribution in [-0.4, -0.2) is 18.9 Å². The van der Waals surface area contributed by atoms with Crippen LogP contribution in [0, 0.1) is 0 Å². The minimum absolute atomic E-state index is 0.672. The Kier molecular flexibility index (Phi) is 5.08. The fourth-order valence-corrected chi connectivity index (χ4v) is 7.96. The van der Waals surface area contributed by atoms with Gasteiger partial charge in [0.05, 0.1) is 38.8 Å². The van der Waals surface area contributed by atoms with Gasteiger partial charge in [-0.25, -0.2) is 9.97 Å². The summed E-state index contributed by atoms with van der Waals surface area (Å²) in [6.07, 6.45) is 0. The molecule has 48 heavy (non-hydrogen) atoms. The normalized spacial score (nSPS) is 12.2. The van der Waals surface area contributed by atoms with Crippen LogP contribution in [0.2, 0.25) is 0 Å². The smallest absolute Gasteiger partial charge is 0.235 e. The van der Waals surface area contributed by atoms with Gasteiger partial charge in [-0.2, -0.15) is 0 Å². The van der Waals surface area contributed by atoms with E-state index in [2.05, 4.69) is 155 Å². The van der Waals surface area contributed by atoms with E-state index in [1.807, 2.05) is 12.1 Å².